The minimum absolute atomic E-state index is 0.0654. The first kappa shape index (κ1) is 23.4. The standard InChI is InChI=1S/C38H27N3O/c1-2-11-24(12-3-1)35-31-17-4-7-18-32(31)39-38(40-35)25-13-10-14-26(23-25)41-33-19-8-5-15-27(33)29-21-22-30-28-16-6-9-20-34(28)42-37(30)36(29)41/h1-23,35,38-40H. The van der Waals surface area contributed by atoms with E-state index in [1.165, 1.54) is 27.5 Å². The molecule has 1 aliphatic heterocycles. The molecule has 9 rings (SSSR count). The van der Waals surface area contributed by atoms with Crippen LogP contribution in [0.4, 0.5) is 5.69 Å². The van der Waals surface area contributed by atoms with Gasteiger partial charge in [0.25, 0.3) is 0 Å². The van der Waals surface area contributed by atoms with Crippen LogP contribution in [0.2, 0.25) is 0 Å². The number of hydrogen-bond donors (Lipinski definition) is 2. The topological polar surface area (TPSA) is 42.1 Å². The minimum Gasteiger partial charge on any atom is -0.454 e. The number of hydrogen-bond acceptors (Lipinski definition) is 3. The average Bonchev–Trinajstić information content (AvgIpc) is 3.61. The zero-order chi connectivity index (χ0) is 27.6. The van der Waals surface area contributed by atoms with Gasteiger partial charge in [-0.2, -0.15) is 0 Å². The summed E-state index contributed by atoms with van der Waals surface area (Å²) in [6.45, 7) is 0. The molecule has 0 aliphatic carbocycles. The van der Waals surface area contributed by atoms with Gasteiger partial charge in [-0.05, 0) is 53.1 Å². The van der Waals surface area contributed by atoms with Crippen molar-refractivity contribution in [1.29, 1.82) is 0 Å². The smallest absolute Gasteiger partial charge is 0.160 e. The number of benzene rings is 6. The number of nitrogens with one attached hydrogen (secondary N) is 2. The first-order chi connectivity index (χ1) is 20.8. The van der Waals surface area contributed by atoms with E-state index in [4.69, 9.17) is 4.42 Å². The van der Waals surface area contributed by atoms with E-state index in [1.54, 1.807) is 0 Å². The fourth-order valence-corrected chi connectivity index (χ4v) is 6.78. The van der Waals surface area contributed by atoms with Crippen molar-refractivity contribution < 1.29 is 4.42 Å². The van der Waals surface area contributed by atoms with Crippen LogP contribution in [-0.4, -0.2) is 4.57 Å². The Morgan fingerprint density at radius 3 is 2.24 bits per heavy atom. The van der Waals surface area contributed by atoms with Gasteiger partial charge in [0.15, 0.2) is 5.58 Å². The Balaban J connectivity index is 1.24. The predicted molar refractivity (Wildman–Crippen MR) is 172 cm³/mol. The highest BCUT2D eigenvalue weighted by Gasteiger charge is 2.28. The number of aromatic nitrogens is 1. The first-order valence-electron chi connectivity index (χ1n) is 14.4. The molecule has 2 aromatic heterocycles. The third-order valence-electron chi connectivity index (χ3n) is 8.68. The summed E-state index contributed by atoms with van der Waals surface area (Å²) in [5, 5.41) is 12.3. The third kappa shape index (κ3) is 3.46. The molecule has 1 aliphatic rings. The summed E-state index contributed by atoms with van der Waals surface area (Å²) in [5.41, 5.74) is 10.0. The highest BCUT2D eigenvalue weighted by molar-refractivity contribution is 6.21. The Bertz CT molecular complexity index is 2280. The summed E-state index contributed by atoms with van der Waals surface area (Å²) in [5.74, 6) is 0. The summed E-state index contributed by atoms with van der Waals surface area (Å²) in [7, 11) is 0. The number of rotatable bonds is 3. The average molecular weight is 542 g/mol. The van der Waals surface area contributed by atoms with E-state index >= 15 is 0 Å². The van der Waals surface area contributed by atoms with Gasteiger partial charge < -0.3 is 14.3 Å². The monoisotopic (exact) mass is 541 g/mol. The van der Waals surface area contributed by atoms with E-state index < -0.39 is 0 Å². The second-order valence-electron chi connectivity index (χ2n) is 11.1. The Kier molecular flexibility index (Phi) is 5.07. The molecule has 0 bridgehead atoms. The zero-order valence-corrected chi connectivity index (χ0v) is 22.8. The Hall–Kier alpha value is -5.32. The van der Waals surface area contributed by atoms with E-state index in [2.05, 4.69) is 149 Å². The molecule has 200 valence electrons. The highest BCUT2D eigenvalue weighted by Crippen LogP contribution is 2.41. The second-order valence-corrected chi connectivity index (χ2v) is 11.1. The molecule has 6 aromatic carbocycles. The molecule has 0 spiro atoms. The van der Waals surface area contributed by atoms with Crippen LogP contribution in [0.15, 0.2) is 144 Å². The lowest BCUT2D eigenvalue weighted by atomic mass is 9.93. The number of fused-ring (bicyclic) bond motifs is 8. The molecule has 8 aromatic rings. The van der Waals surface area contributed by atoms with Crippen LogP contribution >= 0.6 is 0 Å². The van der Waals surface area contributed by atoms with E-state index in [9.17, 15) is 0 Å². The quantitative estimate of drug-likeness (QED) is 0.234. The van der Waals surface area contributed by atoms with Gasteiger partial charge in [-0.15, -0.1) is 0 Å². The van der Waals surface area contributed by atoms with Gasteiger partial charge in [-0.1, -0.05) is 103 Å². The van der Waals surface area contributed by atoms with Crippen LogP contribution < -0.4 is 10.6 Å². The maximum Gasteiger partial charge on any atom is 0.160 e. The predicted octanol–water partition coefficient (Wildman–Crippen LogP) is 9.49. The summed E-state index contributed by atoms with van der Waals surface area (Å²) in [4.78, 5) is 0. The maximum absolute atomic E-state index is 6.56. The van der Waals surface area contributed by atoms with Crippen molar-refractivity contribution in [2.24, 2.45) is 0 Å². The number of furan rings is 1. The first-order valence-corrected chi connectivity index (χ1v) is 14.4. The molecule has 0 radical (unpaired) electrons. The fourth-order valence-electron chi connectivity index (χ4n) is 6.78. The maximum atomic E-state index is 6.56. The molecule has 0 saturated heterocycles. The molecular weight excluding hydrogens is 514 g/mol. The lowest BCUT2D eigenvalue weighted by Crippen LogP contribution is -2.37. The van der Waals surface area contributed by atoms with Crippen LogP contribution in [0, 0.1) is 0 Å². The lowest BCUT2D eigenvalue weighted by Gasteiger charge is -2.35. The number of anilines is 1. The van der Waals surface area contributed by atoms with Crippen molar-refractivity contribution in [1.82, 2.24) is 9.88 Å². The highest BCUT2D eigenvalue weighted by atomic mass is 16.3. The Labute approximate surface area is 242 Å². The van der Waals surface area contributed by atoms with Gasteiger partial charge in [-0.3, -0.25) is 5.32 Å². The van der Waals surface area contributed by atoms with E-state index in [0.29, 0.717) is 0 Å². The molecular formula is C38H27N3O. The summed E-state index contributed by atoms with van der Waals surface area (Å²) >= 11 is 0. The SMILES string of the molecule is c1ccc(C2NC(c3cccc(-n4c5ccccc5c5ccc6c7ccccc7oc6c54)c3)Nc3ccccc32)cc1. The van der Waals surface area contributed by atoms with Crippen LogP contribution in [0.5, 0.6) is 0 Å². The molecule has 2 atom stereocenters. The van der Waals surface area contributed by atoms with Crippen molar-refractivity contribution in [2.75, 3.05) is 5.32 Å². The lowest BCUT2D eigenvalue weighted by molar-refractivity contribution is 0.506. The fraction of sp³-hybridized carbons (Fsp3) is 0.0526. The second kappa shape index (κ2) is 9.10. The van der Waals surface area contributed by atoms with Crippen molar-refractivity contribution in [3.05, 3.63) is 156 Å². The van der Waals surface area contributed by atoms with Gasteiger partial charge >= 0.3 is 0 Å². The molecule has 0 saturated carbocycles. The molecule has 0 amide bonds. The van der Waals surface area contributed by atoms with Gasteiger partial charge in [-0.25, -0.2) is 0 Å². The Morgan fingerprint density at radius 1 is 0.571 bits per heavy atom. The van der Waals surface area contributed by atoms with Crippen molar-refractivity contribution in [3.8, 4) is 5.69 Å². The molecule has 3 heterocycles. The summed E-state index contributed by atoms with van der Waals surface area (Å²) in [6.07, 6.45) is -0.0654. The largest absolute Gasteiger partial charge is 0.454 e. The van der Waals surface area contributed by atoms with Gasteiger partial charge in [0.1, 0.15) is 11.7 Å². The van der Waals surface area contributed by atoms with E-state index in [0.717, 1.165) is 44.3 Å². The number of nitrogens with zero attached hydrogens (tertiary/aromatic N) is 1. The molecule has 4 nitrogen and oxygen atoms in total. The summed E-state index contributed by atoms with van der Waals surface area (Å²) in [6, 6.07) is 49.6. The molecule has 42 heavy (non-hydrogen) atoms. The number of para-hydroxylation sites is 3. The van der Waals surface area contributed by atoms with Crippen LogP contribution in [0.25, 0.3) is 49.4 Å². The minimum atomic E-state index is -0.0654. The van der Waals surface area contributed by atoms with E-state index in [-0.39, 0.29) is 12.2 Å². The van der Waals surface area contributed by atoms with Crippen molar-refractivity contribution >= 4 is 49.4 Å². The third-order valence-corrected chi connectivity index (χ3v) is 8.68. The van der Waals surface area contributed by atoms with Crippen LogP contribution in [-0.2, 0) is 0 Å². The van der Waals surface area contributed by atoms with Gasteiger partial charge in [0.2, 0.25) is 0 Å². The Morgan fingerprint density at radius 2 is 1.31 bits per heavy atom. The molecule has 0 fully saturated rings. The van der Waals surface area contributed by atoms with Crippen LogP contribution in [0.3, 0.4) is 0 Å². The molecule has 4 heteroatoms. The van der Waals surface area contributed by atoms with Gasteiger partial charge in [0.05, 0.1) is 17.1 Å². The van der Waals surface area contributed by atoms with Crippen LogP contribution in [0.1, 0.15) is 28.9 Å². The zero-order valence-electron chi connectivity index (χ0n) is 22.8. The molecule has 2 unspecified atom stereocenters. The van der Waals surface area contributed by atoms with Gasteiger partial charge in [0, 0.05) is 32.9 Å². The molecule has 2 N–H and O–H groups in total. The normalized spacial score (nSPS) is 16.7. The summed E-state index contributed by atoms with van der Waals surface area (Å²) < 4.78 is 8.93. The van der Waals surface area contributed by atoms with E-state index in [1.807, 2.05) is 6.07 Å². The van der Waals surface area contributed by atoms with Crippen molar-refractivity contribution in [3.63, 3.8) is 0 Å². The van der Waals surface area contributed by atoms with Crippen molar-refractivity contribution in [2.45, 2.75) is 12.2 Å².